The van der Waals surface area contributed by atoms with Crippen LogP contribution in [0.15, 0.2) is 85.1 Å². The summed E-state index contributed by atoms with van der Waals surface area (Å²) in [5.74, 6) is -0.607. The van der Waals surface area contributed by atoms with Crippen molar-refractivity contribution in [2.45, 2.75) is 232 Å². The normalized spacial score (nSPS) is 12.9. The maximum atomic E-state index is 12.2. The topological polar surface area (TPSA) is 72.8 Å². The standard InChI is InChI=1S/C54H92O5/c1-3-5-7-9-11-13-15-17-19-20-21-22-23-24-25-26-27-28-29-30-31-32-33-34-35-37-39-41-43-45-47-49-54(57)59-52(50-55)51-58-53(56)48-46-44-42-40-38-36-18-16-14-12-10-8-6-4-2/h5,7,10-13,16-19,21-22,24-25,52,55H,3-4,6,8-9,14-15,20,23,26-51H2,1-2H3/b7-5-,12-10-,13-11-,18-16-,19-17-,22-21-,25-24-. The quantitative estimate of drug-likeness (QED) is 0.0376. The van der Waals surface area contributed by atoms with Gasteiger partial charge in [-0.05, 0) is 83.5 Å². The number of aliphatic hydroxyl groups is 1. The summed E-state index contributed by atoms with van der Waals surface area (Å²) in [7, 11) is 0. The van der Waals surface area contributed by atoms with E-state index in [9.17, 15) is 14.7 Å². The summed E-state index contributed by atoms with van der Waals surface area (Å²) in [5, 5.41) is 9.60. The molecule has 0 radical (unpaired) electrons. The van der Waals surface area contributed by atoms with Gasteiger partial charge in [0.15, 0.2) is 6.10 Å². The van der Waals surface area contributed by atoms with Crippen LogP contribution in [0.4, 0.5) is 0 Å². The highest BCUT2D eigenvalue weighted by Gasteiger charge is 2.16. The van der Waals surface area contributed by atoms with Crippen molar-refractivity contribution in [2.75, 3.05) is 13.2 Å². The Morgan fingerprint density at radius 1 is 0.407 bits per heavy atom. The number of ether oxygens (including phenoxy) is 2. The minimum absolute atomic E-state index is 0.0752. The maximum absolute atomic E-state index is 12.2. The minimum Gasteiger partial charge on any atom is -0.462 e. The van der Waals surface area contributed by atoms with Gasteiger partial charge in [-0.15, -0.1) is 0 Å². The Morgan fingerprint density at radius 3 is 1.10 bits per heavy atom. The molecule has 1 unspecified atom stereocenters. The van der Waals surface area contributed by atoms with Crippen molar-refractivity contribution in [3.8, 4) is 0 Å². The molecule has 338 valence electrons. The molecule has 0 aromatic heterocycles. The first-order valence-electron chi connectivity index (χ1n) is 24.6. The number of esters is 2. The zero-order valence-corrected chi connectivity index (χ0v) is 38.5. The molecule has 59 heavy (non-hydrogen) atoms. The summed E-state index contributed by atoms with van der Waals surface area (Å²) in [6.45, 7) is 3.97. The van der Waals surface area contributed by atoms with E-state index >= 15 is 0 Å². The van der Waals surface area contributed by atoms with Crippen LogP contribution in [0.2, 0.25) is 0 Å². The number of allylic oxidation sites excluding steroid dienone is 14. The fraction of sp³-hybridized carbons (Fsp3) is 0.704. The van der Waals surface area contributed by atoms with Crippen LogP contribution in [0.3, 0.4) is 0 Å². The third-order valence-electron chi connectivity index (χ3n) is 10.4. The fourth-order valence-electron chi connectivity index (χ4n) is 6.72. The molecule has 0 spiro atoms. The number of aliphatic hydroxyl groups excluding tert-OH is 1. The molecule has 0 rings (SSSR count). The van der Waals surface area contributed by atoms with E-state index < -0.39 is 6.10 Å². The summed E-state index contributed by atoms with van der Waals surface area (Å²) in [6.07, 6.45) is 68.2. The zero-order valence-electron chi connectivity index (χ0n) is 38.5. The minimum atomic E-state index is -0.780. The Labute approximate surface area is 365 Å². The SMILES string of the molecule is CC/C=C\C/C=C\C/C=C\C/C=C\C/C=C\CCCCCCCCCCCCCCCCCC(=O)OC(CO)COC(=O)CCCCCCC/C=C\C/C=C\CCCC. The molecule has 0 aromatic carbocycles. The van der Waals surface area contributed by atoms with Crippen molar-refractivity contribution < 1.29 is 24.2 Å². The fourth-order valence-corrected chi connectivity index (χ4v) is 6.72. The first-order chi connectivity index (χ1) is 29.1. The number of unbranched alkanes of at least 4 members (excludes halogenated alkanes) is 22. The summed E-state index contributed by atoms with van der Waals surface area (Å²) >= 11 is 0. The van der Waals surface area contributed by atoms with Crippen LogP contribution in [0, 0.1) is 0 Å². The summed E-state index contributed by atoms with van der Waals surface area (Å²) in [4.78, 5) is 24.4. The molecule has 0 saturated carbocycles. The van der Waals surface area contributed by atoms with Gasteiger partial charge in [-0.2, -0.15) is 0 Å². The van der Waals surface area contributed by atoms with E-state index in [-0.39, 0.29) is 25.2 Å². The van der Waals surface area contributed by atoms with E-state index in [1.165, 1.54) is 116 Å². The predicted molar refractivity (Wildman–Crippen MR) is 256 cm³/mol. The summed E-state index contributed by atoms with van der Waals surface area (Å²) in [6, 6.07) is 0. The highest BCUT2D eigenvalue weighted by molar-refractivity contribution is 5.70. The lowest BCUT2D eigenvalue weighted by molar-refractivity contribution is -0.161. The van der Waals surface area contributed by atoms with Gasteiger partial charge in [-0.3, -0.25) is 9.59 Å². The van der Waals surface area contributed by atoms with Gasteiger partial charge < -0.3 is 14.6 Å². The lowest BCUT2D eigenvalue weighted by atomic mass is 10.0. The summed E-state index contributed by atoms with van der Waals surface area (Å²) in [5.41, 5.74) is 0. The number of carbonyl (C=O) groups excluding carboxylic acids is 2. The molecule has 1 atom stereocenters. The Balaban J connectivity index is 3.50. The van der Waals surface area contributed by atoms with Crippen molar-refractivity contribution in [1.29, 1.82) is 0 Å². The van der Waals surface area contributed by atoms with E-state index in [2.05, 4.69) is 98.9 Å². The van der Waals surface area contributed by atoms with Gasteiger partial charge in [0, 0.05) is 12.8 Å². The first-order valence-corrected chi connectivity index (χ1v) is 24.6. The molecule has 0 aromatic rings. The Bertz CT molecular complexity index is 1110. The van der Waals surface area contributed by atoms with Gasteiger partial charge in [0.05, 0.1) is 6.61 Å². The molecule has 0 amide bonds. The third kappa shape index (κ3) is 47.6. The molecule has 1 N–H and O–H groups in total. The smallest absolute Gasteiger partial charge is 0.306 e. The second kappa shape index (κ2) is 49.4. The van der Waals surface area contributed by atoms with E-state index in [4.69, 9.17) is 9.47 Å². The largest absolute Gasteiger partial charge is 0.462 e. The van der Waals surface area contributed by atoms with E-state index in [0.717, 1.165) is 83.5 Å². The molecule has 0 aliphatic carbocycles. The monoisotopic (exact) mass is 821 g/mol. The van der Waals surface area contributed by atoms with Gasteiger partial charge in [0.1, 0.15) is 6.61 Å². The second-order valence-corrected chi connectivity index (χ2v) is 16.2. The van der Waals surface area contributed by atoms with E-state index in [1.54, 1.807) is 0 Å². The number of hydrogen-bond acceptors (Lipinski definition) is 5. The Kier molecular flexibility index (Phi) is 47.0. The average molecular weight is 821 g/mol. The predicted octanol–water partition coefficient (Wildman–Crippen LogP) is 16.2. The molecule has 0 saturated heterocycles. The summed E-state index contributed by atoms with van der Waals surface area (Å²) < 4.78 is 10.6. The van der Waals surface area contributed by atoms with Gasteiger partial charge in [0.25, 0.3) is 0 Å². The Hall–Kier alpha value is -2.92. The highest BCUT2D eigenvalue weighted by atomic mass is 16.6. The van der Waals surface area contributed by atoms with Gasteiger partial charge >= 0.3 is 11.9 Å². The lowest BCUT2D eigenvalue weighted by Crippen LogP contribution is -2.28. The maximum Gasteiger partial charge on any atom is 0.306 e. The van der Waals surface area contributed by atoms with Crippen molar-refractivity contribution in [3.63, 3.8) is 0 Å². The van der Waals surface area contributed by atoms with Crippen molar-refractivity contribution in [1.82, 2.24) is 0 Å². The molecule has 0 aliphatic heterocycles. The van der Waals surface area contributed by atoms with Crippen molar-refractivity contribution in [3.05, 3.63) is 85.1 Å². The molecule has 0 aliphatic rings. The molecule has 0 heterocycles. The highest BCUT2D eigenvalue weighted by Crippen LogP contribution is 2.15. The molecule has 0 bridgehead atoms. The van der Waals surface area contributed by atoms with Crippen LogP contribution >= 0.6 is 0 Å². The number of hydrogen-bond donors (Lipinski definition) is 1. The van der Waals surface area contributed by atoms with Crippen LogP contribution in [-0.4, -0.2) is 36.4 Å². The lowest BCUT2D eigenvalue weighted by Gasteiger charge is -2.15. The average Bonchev–Trinajstić information content (AvgIpc) is 3.24. The van der Waals surface area contributed by atoms with Crippen molar-refractivity contribution in [2.24, 2.45) is 0 Å². The Morgan fingerprint density at radius 2 is 0.729 bits per heavy atom. The number of rotatable bonds is 44. The van der Waals surface area contributed by atoms with E-state index in [0.29, 0.717) is 12.8 Å². The molecule has 5 heteroatoms. The molecular formula is C54H92O5. The van der Waals surface area contributed by atoms with Gasteiger partial charge in [-0.25, -0.2) is 0 Å². The second-order valence-electron chi connectivity index (χ2n) is 16.2. The third-order valence-corrected chi connectivity index (χ3v) is 10.4. The van der Waals surface area contributed by atoms with Gasteiger partial charge in [0.2, 0.25) is 0 Å². The molecular weight excluding hydrogens is 729 g/mol. The van der Waals surface area contributed by atoms with Crippen LogP contribution in [0.25, 0.3) is 0 Å². The van der Waals surface area contributed by atoms with E-state index in [1.807, 2.05) is 0 Å². The molecule has 0 fully saturated rings. The molecule has 5 nitrogen and oxygen atoms in total. The van der Waals surface area contributed by atoms with Crippen LogP contribution < -0.4 is 0 Å². The first kappa shape index (κ1) is 56.1. The van der Waals surface area contributed by atoms with Gasteiger partial charge in [-0.1, -0.05) is 214 Å². The van der Waals surface area contributed by atoms with Crippen LogP contribution in [-0.2, 0) is 19.1 Å². The zero-order chi connectivity index (χ0) is 42.8. The van der Waals surface area contributed by atoms with Crippen LogP contribution in [0.5, 0.6) is 0 Å². The van der Waals surface area contributed by atoms with Crippen LogP contribution in [0.1, 0.15) is 226 Å². The van der Waals surface area contributed by atoms with Crippen molar-refractivity contribution >= 4 is 11.9 Å². The number of carbonyl (C=O) groups is 2.